The molecule has 0 saturated heterocycles. The number of hydrogen-bond acceptors (Lipinski definition) is 1. The van der Waals surface area contributed by atoms with Crippen molar-refractivity contribution >= 4 is 0 Å². The van der Waals surface area contributed by atoms with Crippen molar-refractivity contribution in [1.82, 2.24) is 9.55 Å². The Kier molecular flexibility index (Phi) is 2.12. The molecule has 0 bridgehead atoms. The first-order valence-corrected chi connectivity index (χ1v) is 4.75. The van der Waals surface area contributed by atoms with E-state index in [1.807, 2.05) is 19.2 Å². The summed E-state index contributed by atoms with van der Waals surface area (Å²) in [7, 11) is 0. The summed E-state index contributed by atoms with van der Waals surface area (Å²) < 4.78 is 2.06. The van der Waals surface area contributed by atoms with Gasteiger partial charge >= 0.3 is 0 Å². The molecule has 2 heteroatoms. The molecule has 2 nitrogen and oxygen atoms in total. The SMILES string of the molecule is Cc1ccc(-n2cc(C)c(C)c2)nc1. The molecule has 2 aromatic rings. The largest absolute Gasteiger partial charge is 0.308 e. The summed E-state index contributed by atoms with van der Waals surface area (Å²) in [6, 6.07) is 4.11. The van der Waals surface area contributed by atoms with Gasteiger partial charge in [-0.15, -0.1) is 0 Å². The highest BCUT2D eigenvalue weighted by Gasteiger charge is 2.00. The Hall–Kier alpha value is -1.57. The molecule has 2 aromatic heterocycles. The standard InChI is InChI=1S/C12H14N2/c1-9-4-5-12(13-6-9)14-7-10(2)11(3)8-14/h4-8H,1-3H3. The van der Waals surface area contributed by atoms with Gasteiger partial charge < -0.3 is 4.57 Å². The van der Waals surface area contributed by atoms with E-state index in [1.165, 1.54) is 16.7 Å². The third-order valence-electron chi connectivity index (χ3n) is 2.45. The molecule has 0 unspecified atom stereocenters. The van der Waals surface area contributed by atoms with Crippen molar-refractivity contribution in [3.05, 3.63) is 47.4 Å². The number of rotatable bonds is 1. The maximum absolute atomic E-state index is 4.37. The van der Waals surface area contributed by atoms with E-state index < -0.39 is 0 Å². The van der Waals surface area contributed by atoms with Crippen molar-refractivity contribution in [2.24, 2.45) is 0 Å². The summed E-state index contributed by atoms with van der Waals surface area (Å²) >= 11 is 0. The summed E-state index contributed by atoms with van der Waals surface area (Å²) in [4.78, 5) is 4.37. The van der Waals surface area contributed by atoms with E-state index in [-0.39, 0.29) is 0 Å². The average Bonchev–Trinajstić information content (AvgIpc) is 2.48. The first kappa shape index (κ1) is 9.00. The van der Waals surface area contributed by atoms with Crippen LogP contribution < -0.4 is 0 Å². The second kappa shape index (κ2) is 3.29. The molecule has 14 heavy (non-hydrogen) atoms. The topological polar surface area (TPSA) is 17.8 Å². The molecule has 2 heterocycles. The molecule has 72 valence electrons. The van der Waals surface area contributed by atoms with Crippen LogP contribution >= 0.6 is 0 Å². The highest BCUT2D eigenvalue weighted by Crippen LogP contribution is 2.12. The predicted octanol–water partition coefficient (Wildman–Crippen LogP) is 2.80. The average molecular weight is 186 g/mol. The summed E-state index contributed by atoms with van der Waals surface area (Å²) in [5.74, 6) is 0.979. The van der Waals surface area contributed by atoms with Crippen molar-refractivity contribution in [3.8, 4) is 5.82 Å². The van der Waals surface area contributed by atoms with Crippen molar-refractivity contribution in [2.45, 2.75) is 20.8 Å². The Morgan fingerprint density at radius 1 is 1.00 bits per heavy atom. The van der Waals surface area contributed by atoms with E-state index in [0.29, 0.717) is 0 Å². The lowest BCUT2D eigenvalue weighted by atomic mass is 10.2. The fraction of sp³-hybridized carbons (Fsp3) is 0.250. The Balaban J connectivity index is 2.44. The van der Waals surface area contributed by atoms with Crippen LogP contribution in [0.2, 0.25) is 0 Å². The quantitative estimate of drug-likeness (QED) is 0.669. The van der Waals surface area contributed by atoms with E-state index in [2.05, 4.69) is 41.9 Å². The van der Waals surface area contributed by atoms with Crippen LogP contribution in [-0.2, 0) is 0 Å². The van der Waals surface area contributed by atoms with Gasteiger partial charge in [0.1, 0.15) is 5.82 Å². The molecule has 0 aromatic carbocycles. The number of aromatic nitrogens is 2. The Labute approximate surface area is 84.2 Å². The van der Waals surface area contributed by atoms with Crippen LogP contribution in [0.15, 0.2) is 30.7 Å². The summed E-state index contributed by atoms with van der Waals surface area (Å²) in [5.41, 5.74) is 3.79. The van der Waals surface area contributed by atoms with Crippen LogP contribution in [0.1, 0.15) is 16.7 Å². The smallest absolute Gasteiger partial charge is 0.136 e. The lowest BCUT2D eigenvalue weighted by Crippen LogP contribution is -1.93. The van der Waals surface area contributed by atoms with Gasteiger partial charge in [-0.1, -0.05) is 6.07 Å². The monoisotopic (exact) mass is 186 g/mol. The van der Waals surface area contributed by atoms with Crippen LogP contribution in [0.4, 0.5) is 0 Å². The molecule has 0 amide bonds. The molecule has 0 atom stereocenters. The van der Waals surface area contributed by atoms with Crippen LogP contribution in [0.3, 0.4) is 0 Å². The zero-order valence-corrected chi connectivity index (χ0v) is 8.78. The number of aryl methyl sites for hydroxylation is 3. The minimum absolute atomic E-state index is 0.979. The normalized spacial score (nSPS) is 10.5. The van der Waals surface area contributed by atoms with Gasteiger partial charge in [0, 0.05) is 18.6 Å². The Morgan fingerprint density at radius 2 is 1.64 bits per heavy atom. The van der Waals surface area contributed by atoms with Crippen LogP contribution in [0.25, 0.3) is 5.82 Å². The third kappa shape index (κ3) is 1.55. The van der Waals surface area contributed by atoms with Gasteiger partial charge in [0.2, 0.25) is 0 Å². The van der Waals surface area contributed by atoms with E-state index in [9.17, 15) is 0 Å². The van der Waals surface area contributed by atoms with Crippen LogP contribution in [-0.4, -0.2) is 9.55 Å². The molecule has 0 saturated carbocycles. The van der Waals surface area contributed by atoms with E-state index in [1.54, 1.807) is 0 Å². The molecular weight excluding hydrogens is 172 g/mol. The van der Waals surface area contributed by atoms with Crippen molar-refractivity contribution in [2.75, 3.05) is 0 Å². The molecule has 0 aliphatic rings. The van der Waals surface area contributed by atoms with Crippen LogP contribution in [0.5, 0.6) is 0 Å². The lowest BCUT2D eigenvalue weighted by Gasteiger charge is -2.00. The summed E-state index contributed by atoms with van der Waals surface area (Å²) in [6.45, 7) is 6.27. The van der Waals surface area contributed by atoms with Crippen molar-refractivity contribution in [3.63, 3.8) is 0 Å². The summed E-state index contributed by atoms with van der Waals surface area (Å²) in [5, 5.41) is 0. The van der Waals surface area contributed by atoms with E-state index in [0.717, 1.165) is 5.82 Å². The number of hydrogen-bond donors (Lipinski definition) is 0. The third-order valence-corrected chi connectivity index (χ3v) is 2.45. The van der Waals surface area contributed by atoms with Gasteiger partial charge in [-0.2, -0.15) is 0 Å². The van der Waals surface area contributed by atoms with Gasteiger partial charge in [-0.3, -0.25) is 0 Å². The van der Waals surface area contributed by atoms with E-state index in [4.69, 9.17) is 0 Å². The maximum Gasteiger partial charge on any atom is 0.136 e. The second-order valence-electron chi connectivity index (χ2n) is 3.73. The van der Waals surface area contributed by atoms with Gasteiger partial charge in [-0.05, 0) is 43.5 Å². The van der Waals surface area contributed by atoms with Gasteiger partial charge in [0.25, 0.3) is 0 Å². The first-order chi connectivity index (χ1) is 6.66. The van der Waals surface area contributed by atoms with Gasteiger partial charge in [-0.25, -0.2) is 4.98 Å². The van der Waals surface area contributed by atoms with Gasteiger partial charge in [0.15, 0.2) is 0 Å². The Bertz CT molecular complexity index is 418. The lowest BCUT2D eigenvalue weighted by molar-refractivity contribution is 0.997. The number of pyridine rings is 1. The summed E-state index contributed by atoms with van der Waals surface area (Å²) in [6.07, 6.45) is 6.10. The highest BCUT2D eigenvalue weighted by molar-refractivity contribution is 5.31. The highest BCUT2D eigenvalue weighted by atomic mass is 15.0. The van der Waals surface area contributed by atoms with E-state index >= 15 is 0 Å². The first-order valence-electron chi connectivity index (χ1n) is 4.75. The Morgan fingerprint density at radius 3 is 2.14 bits per heavy atom. The van der Waals surface area contributed by atoms with Crippen molar-refractivity contribution < 1.29 is 0 Å². The molecule has 2 rings (SSSR count). The minimum atomic E-state index is 0.979. The fourth-order valence-corrected chi connectivity index (χ4v) is 1.40. The molecule has 0 radical (unpaired) electrons. The van der Waals surface area contributed by atoms with Crippen LogP contribution in [0, 0.1) is 20.8 Å². The zero-order chi connectivity index (χ0) is 10.1. The molecule has 0 N–H and O–H groups in total. The predicted molar refractivity (Wildman–Crippen MR) is 57.8 cm³/mol. The second-order valence-corrected chi connectivity index (χ2v) is 3.73. The molecule has 0 aliphatic heterocycles. The van der Waals surface area contributed by atoms with Gasteiger partial charge in [0.05, 0.1) is 0 Å². The number of nitrogens with zero attached hydrogens (tertiary/aromatic N) is 2. The molecule has 0 fully saturated rings. The molecular formula is C12H14N2. The van der Waals surface area contributed by atoms with Crippen molar-refractivity contribution in [1.29, 1.82) is 0 Å². The molecule has 0 spiro atoms. The fourth-order valence-electron chi connectivity index (χ4n) is 1.40. The molecule has 0 aliphatic carbocycles. The minimum Gasteiger partial charge on any atom is -0.308 e. The zero-order valence-electron chi connectivity index (χ0n) is 8.78. The maximum atomic E-state index is 4.37.